The second-order valence-corrected chi connectivity index (χ2v) is 1.95. The van der Waals surface area contributed by atoms with Crippen LogP contribution >= 0.6 is 0 Å². The minimum atomic E-state index is 0.677. The molecule has 0 saturated carbocycles. The minimum absolute atomic E-state index is 0.677. The summed E-state index contributed by atoms with van der Waals surface area (Å²) in [6, 6.07) is 0. The molecule has 3 heteroatoms. The Bertz CT molecular complexity index is 172. The predicted octanol–water partition coefficient (Wildman–Crippen LogP) is -0.357. The summed E-state index contributed by atoms with van der Waals surface area (Å²) in [4.78, 5) is 11.7. The fourth-order valence-corrected chi connectivity index (χ4v) is 0.614. The molecule has 0 N–H and O–H groups in total. The third-order valence-electron chi connectivity index (χ3n) is 1.21. The number of nitrogens with zero attached hydrogens (tertiary/aromatic N) is 2. The van der Waals surface area contributed by atoms with E-state index >= 15 is 0 Å². The largest absolute Gasteiger partial charge is 0.306 e. The monoisotopic (exact) mass is 125 g/mol. The third-order valence-corrected chi connectivity index (χ3v) is 1.21. The molecular formula is C6H9N2O+. The van der Waals surface area contributed by atoms with Gasteiger partial charge in [0.15, 0.2) is 12.4 Å². The zero-order valence-corrected chi connectivity index (χ0v) is 5.32. The van der Waals surface area contributed by atoms with Gasteiger partial charge in [-0.15, -0.1) is 0 Å². The quantitative estimate of drug-likeness (QED) is 0.347. The highest BCUT2D eigenvalue weighted by Crippen LogP contribution is 1.87. The van der Waals surface area contributed by atoms with Crippen molar-refractivity contribution in [3.05, 3.63) is 12.4 Å². The van der Waals surface area contributed by atoms with Crippen LogP contribution in [0.1, 0.15) is 0 Å². The normalized spacial score (nSPS) is 17.4. The van der Waals surface area contributed by atoms with Gasteiger partial charge in [0.25, 0.3) is 0 Å². The summed E-state index contributed by atoms with van der Waals surface area (Å²) in [5, 5.41) is 0. The van der Waals surface area contributed by atoms with Crippen molar-refractivity contribution in [1.29, 1.82) is 0 Å². The molecule has 0 aromatic heterocycles. The van der Waals surface area contributed by atoms with Crippen LogP contribution in [-0.2, 0) is 4.79 Å². The zero-order valence-electron chi connectivity index (χ0n) is 5.32. The zero-order chi connectivity index (χ0) is 6.69. The minimum Gasteiger partial charge on any atom is -0.306 e. The van der Waals surface area contributed by atoms with Crippen molar-refractivity contribution < 1.29 is 9.37 Å². The number of rotatable bonds is 1. The van der Waals surface area contributed by atoms with E-state index in [-0.39, 0.29) is 0 Å². The highest BCUT2D eigenvalue weighted by atomic mass is 16.1. The van der Waals surface area contributed by atoms with E-state index in [4.69, 9.17) is 0 Å². The van der Waals surface area contributed by atoms with E-state index in [0.717, 1.165) is 6.41 Å². The Balaban J connectivity index is 2.58. The van der Waals surface area contributed by atoms with Gasteiger partial charge in [-0.1, -0.05) is 0 Å². The van der Waals surface area contributed by atoms with Gasteiger partial charge in [-0.05, 0) is 0 Å². The molecule has 48 valence electrons. The van der Waals surface area contributed by atoms with Crippen LogP contribution in [0.3, 0.4) is 0 Å². The molecule has 3 nitrogen and oxygen atoms in total. The average molecular weight is 125 g/mol. The maximum absolute atomic E-state index is 10.1. The second-order valence-electron chi connectivity index (χ2n) is 1.95. The van der Waals surface area contributed by atoms with Crippen LogP contribution < -0.4 is 0 Å². The smallest absolute Gasteiger partial charge is 0.214 e. The van der Waals surface area contributed by atoms with Gasteiger partial charge in [0, 0.05) is 0 Å². The fourth-order valence-electron chi connectivity index (χ4n) is 0.614. The van der Waals surface area contributed by atoms with Crippen molar-refractivity contribution in [2.24, 2.45) is 0 Å². The number of hydrogen-bond donors (Lipinski definition) is 0. The molecule has 0 unspecified atom stereocenters. The van der Waals surface area contributed by atoms with Gasteiger partial charge < -0.3 is 4.90 Å². The summed E-state index contributed by atoms with van der Waals surface area (Å²) < 4.78 is 1.92. The third kappa shape index (κ3) is 1.38. The van der Waals surface area contributed by atoms with E-state index in [0.29, 0.717) is 6.54 Å². The molecular weight excluding hydrogens is 116 g/mol. The molecule has 0 bridgehead atoms. The van der Waals surface area contributed by atoms with Gasteiger partial charge in [-0.2, -0.15) is 0 Å². The van der Waals surface area contributed by atoms with E-state index in [1.54, 1.807) is 11.1 Å². The summed E-state index contributed by atoms with van der Waals surface area (Å²) >= 11 is 0. The highest BCUT2D eigenvalue weighted by molar-refractivity contribution is 5.62. The number of amides is 1. The second kappa shape index (κ2) is 2.44. The van der Waals surface area contributed by atoms with Crippen molar-refractivity contribution in [1.82, 2.24) is 4.90 Å². The molecule has 1 rings (SSSR count). The van der Waals surface area contributed by atoms with Crippen LogP contribution in [0.25, 0.3) is 0 Å². The fraction of sp³-hybridized carbons (Fsp3) is 0.333. The molecule has 0 spiro atoms. The molecule has 0 aromatic rings. The Morgan fingerprint density at radius 1 is 1.78 bits per heavy atom. The van der Waals surface area contributed by atoms with Crippen molar-refractivity contribution in [2.45, 2.75) is 0 Å². The first-order chi connectivity index (χ1) is 4.33. The number of carbonyl (C=O) groups excluding carboxylic acids is 1. The summed E-state index contributed by atoms with van der Waals surface area (Å²) in [6.07, 6.45) is 6.30. The van der Waals surface area contributed by atoms with E-state index in [1.807, 2.05) is 24.0 Å². The Morgan fingerprint density at radius 2 is 2.56 bits per heavy atom. The van der Waals surface area contributed by atoms with Gasteiger partial charge in [0.1, 0.15) is 13.6 Å². The first kappa shape index (κ1) is 6.01. The van der Waals surface area contributed by atoms with Gasteiger partial charge >= 0.3 is 0 Å². The van der Waals surface area contributed by atoms with Gasteiger partial charge in [-0.25, -0.2) is 4.58 Å². The van der Waals surface area contributed by atoms with E-state index in [1.165, 1.54) is 0 Å². The molecule has 9 heavy (non-hydrogen) atoms. The number of carbonyl (C=O) groups is 1. The topological polar surface area (TPSA) is 23.3 Å². The molecule has 1 heterocycles. The van der Waals surface area contributed by atoms with Gasteiger partial charge in [0.2, 0.25) is 6.41 Å². The lowest BCUT2D eigenvalue weighted by Crippen LogP contribution is -2.24. The van der Waals surface area contributed by atoms with Crippen LogP contribution in [-0.4, -0.2) is 35.7 Å². The number of hydrogen-bond acceptors (Lipinski definition) is 1. The van der Waals surface area contributed by atoms with E-state index in [9.17, 15) is 4.79 Å². The van der Waals surface area contributed by atoms with Crippen LogP contribution in [0, 0.1) is 0 Å². The first-order valence-corrected chi connectivity index (χ1v) is 2.77. The highest BCUT2D eigenvalue weighted by Gasteiger charge is 2.02. The van der Waals surface area contributed by atoms with Crippen molar-refractivity contribution in [2.75, 3.05) is 13.6 Å². The first-order valence-electron chi connectivity index (χ1n) is 2.77. The standard InChI is InChI=1S/C6H9N2O/c1-7-2-4-8(6-9)5-3-7/h2-4,6H,5H2,1H3/q+1. The summed E-state index contributed by atoms with van der Waals surface area (Å²) in [6.45, 7) is 0.677. The van der Waals surface area contributed by atoms with Crippen molar-refractivity contribution >= 4 is 12.6 Å². The Labute approximate surface area is 53.9 Å². The SMILES string of the molecule is C[N+]1=CCN(C=O)C=C1. The molecule has 0 atom stereocenters. The van der Waals surface area contributed by atoms with E-state index in [2.05, 4.69) is 0 Å². The van der Waals surface area contributed by atoms with Crippen molar-refractivity contribution in [3.8, 4) is 0 Å². The summed E-state index contributed by atoms with van der Waals surface area (Å²) in [5.41, 5.74) is 0. The molecule has 1 aliphatic rings. The Kier molecular flexibility index (Phi) is 1.63. The van der Waals surface area contributed by atoms with Crippen LogP contribution in [0.4, 0.5) is 0 Å². The molecule has 0 fully saturated rings. The van der Waals surface area contributed by atoms with Gasteiger partial charge in [-0.3, -0.25) is 4.79 Å². The van der Waals surface area contributed by atoms with Crippen LogP contribution in [0.5, 0.6) is 0 Å². The Hall–Kier alpha value is -1.12. The lowest BCUT2D eigenvalue weighted by atomic mass is 10.5. The van der Waals surface area contributed by atoms with Crippen LogP contribution in [0.2, 0.25) is 0 Å². The predicted molar refractivity (Wildman–Crippen MR) is 34.2 cm³/mol. The molecule has 0 radical (unpaired) electrons. The lowest BCUT2D eigenvalue weighted by Gasteiger charge is -2.08. The summed E-state index contributed by atoms with van der Waals surface area (Å²) in [5.74, 6) is 0. The maximum atomic E-state index is 10.1. The van der Waals surface area contributed by atoms with Crippen molar-refractivity contribution in [3.63, 3.8) is 0 Å². The molecule has 1 amide bonds. The summed E-state index contributed by atoms with van der Waals surface area (Å²) in [7, 11) is 1.93. The van der Waals surface area contributed by atoms with Gasteiger partial charge in [0.05, 0.1) is 6.20 Å². The molecule has 0 aromatic carbocycles. The van der Waals surface area contributed by atoms with Crippen LogP contribution in [0.15, 0.2) is 12.4 Å². The lowest BCUT2D eigenvalue weighted by molar-refractivity contribution is -0.421. The maximum Gasteiger partial charge on any atom is 0.214 e. The molecule has 0 aliphatic carbocycles. The average Bonchev–Trinajstić information content (AvgIpc) is 1.90. The molecule has 1 aliphatic heterocycles. The Morgan fingerprint density at radius 3 is 3.00 bits per heavy atom. The van der Waals surface area contributed by atoms with E-state index < -0.39 is 0 Å². The molecule has 0 saturated heterocycles.